The van der Waals surface area contributed by atoms with Gasteiger partial charge in [-0.05, 0) is 47.4 Å². The van der Waals surface area contributed by atoms with Crippen LogP contribution in [-0.4, -0.2) is 31.5 Å². The molecule has 0 saturated heterocycles. The number of aryl methyl sites for hydroxylation is 1. The third-order valence-corrected chi connectivity index (χ3v) is 5.45. The zero-order valence-electron chi connectivity index (χ0n) is 19.7. The van der Waals surface area contributed by atoms with E-state index in [0.29, 0.717) is 25.1 Å². The molecule has 3 N–H and O–H groups in total. The SMILES string of the molecule is CCCn1c(=O)n(CCCN=NN=C(N)Cc2ccc(C(F)(F)F)cc2C(F)(F)F)c(=O)c2[nH]c(Cl)nc21. The molecule has 17 heteroatoms. The van der Waals surface area contributed by atoms with Gasteiger partial charge in [-0.25, -0.2) is 4.79 Å². The summed E-state index contributed by atoms with van der Waals surface area (Å²) in [6.07, 6.45) is -9.84. The molecule has 2 heterocycles. The summed E-state index contributed by atoms with van der Waals surface area (Å²) in [5, 5.41) is 10.5. The van der Waals surface area contributed by atoms with Crippen LogP contribution in [0.15, 0.2) is 43.2 Å². The number of nitrogens with one attached hydrogen (secondary N) is 1. The van der Waals surface area contributed by atoms with Gasteiger partial charge in [0.2, 0.25) is 5.28 Å². The summed E-state index contributed by atoms with van der Waals surface area (Å²) in [5.74, 6) is -0.417. The molecule has 0 aliphatic carbocycles. The van der Waals surface area contributed by atoms with E-state index >= 15 is 0 Å². The molecule has 0 unspecified atom stereocenters. The molecule has 0 fully saturated rings. The number of nitrogens with two attached hydrogens (primary N) is 1. The monoisotopic (exact) mass is 566 g/mol. The highest BCUT2D eigenvalue weighted by Crippen LogP contribution is 2.37. The second-order valence-electron chi connectivity index (χ2n) is 8.06. The topological polar surface area (TPSA) is 136 Å². The van der Waals surface area contributed by atoms with Gasteiger partial charge in [-0.2, -0.15) is 36.4 Å². The molecule has 0 amide bonds. The Morgan fingerprint density at radius 2 is 1.82 bits per heavy atom. The summed E-state index contributed by atoms with van der Waals surface area (Å²) in [6, 6.07) is 1.21. The van der Waals surface area contributed by atoms with Crippen LogP contribution in [0.25, 0.3) is 11.2 Å². The highest BCUT2D eigenvalue weighted by atomic mass is 35.5. The number of halogens is 7. The first kappa shape index (κ1) is 28.9. The van der Waals surface area contributed by atoms with Crippen molar-refractivity contribution in [1.29, 1.82) is 0 Å². The van der Waals surface area contributed by atoms with Crippen molar-refractivity contribution in [1.82, 2.24) is 19.1 Å². The van der Waals surface area contributed by atoms with Crippen LogP contribution in [0.4, 0.5) is 26.3 Å². The summed E-state index contributed by atoms with van der Waals surface area (Å²) in [5.41, 5.74) is 1.16. The lowest BCUT2D eigenvalue weighted by Gasteiger charge is -2.15. The number of aromatic nitrogens is 4. The van der Waals surface area contributed by atoms with Gasteiger partial charge >= 0.3 is 18.0 Å². The first-order chi connectivity index (χ1) is 17.7. The Bertz CT molecular complexity index is 1490. The van der Waals surface area contributed by atoms with E-state index < -0.39 is 52.5 Å². The van der Waals surface area contributed by atoms with Crippen LogP contribution in [0, 0.1) is 0 Å². The first-order valence-corrected chi connectivity index (χ1v) is 11.5. The lowest BCUT2D eigenvalue weighted by Crippen LogP contribution is -2.40. The van der Waals surface area contributed by atoms with Crippen molar-refractivity contribution < 1.29 is 26.3 Å². The summed E-state index contributed by atoms with van der Waals surface area (Å²) in [4.78, 5) is 32.0. The molecule has 10 nitrogen and oxygen atoms in total. The lowest BCUT2D eigenvalue weighted by atomic mass is 10.0. The average molecular weight is 567 g/mol. The molecule has 3 aromatic rings. The van der Waals surface area contributed by atoms with E-state index in [0.717, 1.165) is 4.57 Å². The van der Waals surface area contributed by atoms with Gasteiger partial charge in [-0.3, -0.25) is 13.9 Å². The fraction of sp³-hybridized carbons (Fsp3) is 0.429. The number of fused-ring (bicyclic) bond motifs is 1. The second-order valence-corrected chi connectivity index (χ2v) is 8.42. The van der Waals surface area contributed by atoms with Gasteiger partial charge in [-0.1, -0.05) is 13.0 Å². The molecule has 3 rings (SSSR count). The van der Waals surface area contributed by atoms with Crippen LogP contribution in [0.2, 0.25) is 5.28 Å². The molecule has 0 bridgehead atoms. The molecule has 2 aromatic heterocycles. The van der Waals surface area contributed by atoms with E-state index in [4.69, 9.17) is 17.3 Å². The first-order valence-electron chi connectivity index (χ1n) is 11.1. The van der Waals surface area contributed by atoms with E-state index in [9.17, 15) is 35.9 Å². The number of hydrogen-bond acceptors (Lipinski definition) is 5. The summed E-state index contributed by atoms with van der Waals surface area (Å²) in [6.45, 7) is 2.09. The fourth-order valence-electron chi connectivity index (χ4n) is 3.60. The van der Waals surface area contributed by atoms with Crippen molar-refractivity contribution in [2.45, 2.75) is 51.6 Å². The molecule has 0 aliphatic heterocycles. The van der Waals surface area contributed by atoms with Gasteiger partial charge in [0.25, 0.3) is 5.56 Å². The van der Waals surface area contributed by atoms with E-state index in [2.05, 4.69) is 25.4 Å². The van der Waals surface area contributed by atoms with Gasteiger partial charge < -0.3 is 10.7 Å². The lowest BCUT2D eigenvalue weighted by molar-refractivity contribution is -0.143. The van der Waals surface area contributed by atoms with Crippen molar-refractivity contribution in [2.75, 3.05) is 6.54 Å². The van der Waals surface area contributed by atoms with Crippen molar-refractivity contribution in [3.63, 3.8) is 0 Å². The van der Waals surface area contributed by atoms with E-state index in [-0.39, 0.29) is 42.0 Å². The van der Waals surface area contributed by atoms with Gasteiger partial charge in [-0.15, -0.1) is 5.10 Å². The number of imidazole rings is 1. The minimum Gasteiger partial charge on any atom is -0.385 e. The standard InChI is InChI=1S/C21H21ClF6N8O2/c1-2-7-35-16-15(31-18(22)32-16)17(37)36(19(35)38)8-3-6-30-34-33-14(29)9-11-4-5-12(20(23,24)25)10-13(11)21(26,27)28/h4-5,10H,2-3,6-9H2,1H3,(H,31,32)(H2,29,30,33). The summed E-state index contributed by atoms with van der Waals surface area (Å²) in [7, 11) is 0. The third kappa shape index (κ3) is 6.59. The van der Waals surface area contributed by atoms with Crippen LogP contribution in [0.5, 0.6) is 0 Å². The van der Waals surface area contributed by atoms with Crippen molar-refractivity contribution in [3.8, 4) is 0 Å². The van der Waals surface area contributed by atoms with E-state index in [1.165, 1.54) is 4.57 Å². The van der Waals surface area contributed by atoms with Gasteiger partial charge in [0.15, 0.2) is 11.2 Å². The third-order valence-electron chi connectivity index (χ3n) is 5.27. The van der Waals surface area contributed by atoms with Crippen LogP contribution >= 0.6 is 11.6 Å². The van der Waals surface area contributed by atoms with Crippen LogP contribution in [0.1, 0.15) is 36.5 Å². The molecule has 38 heavy (non-hydrogen) atoms. The predicted octanol–water partition coefficient (Wildman–Crippen LogP) is 4.34. The molecule has 0 spiro atoms. The van der Waals surface area contributed by atoms with E-state index in [1.54, 1.807) is 0 Å². The number of amidine groups is 1. The molecule has 0 saturated carbocycles. The maximum Gasteiger partial charge on any atom is 0.416 e. The Labute approximate surface area is 214 Å². The number of rotatable bonds is 9. The number of alkyl halides is 6. The van der Waals surface area contributed by atoms with Crippen molar-refractivity contribution in [2.24, 2.45) is 21.2 Å². The highest BCUT2D eigenvalue weighted by Gasteiger charge is 2.38. The Morgan fingerprint density at radius 1 is 1.11 bits per heavy atom. The molecule has 0 aliphatic rings. The smallest absolute Gasteiger partial charge is 0.385 e. The summed E-state index contributed by atoms with van der Waals surface area (Å²) < 4.78 is 80.5. The Hall–Kier alpha value is -3.69. The summed E-state index contributed by atoms with van der Waals surface area (Å²) >= 11 is 5.84. The molecule has 1 aromatic carbocycles. The van der Waals surface area contributed by atoms with Crippen LogP contribution in [0.3, 0.4) is 0 Å². The normalized spacial score (nSPS) is 13.2. The van der Waals surface area contributed by atoms with Gasteiger partial charge in [0.05, 0.1) is 17.7 Å². The highest BCUT2D eigenvalue weighted by molar-refractivity contribution is 6.28. The molecular formula is C21H21ClF6N8O2. The number of nitrogens with zero attached hydrogens (tertiary/aromatic N) is 6. The molecule has 206 valence electrons. The van der Waals surface area contributed by atoms with Crippen molar-refractivity contribution in [3.05, 3.63) is 61.0 Å². The second kappa shape index (κ2) is 11.4. The molecule has 0 atom stereocenters. The molecular weight excluding hydrogens is 546 g/mol. The predicted molar refractivity (Wildman–Crippen MR) is 126 cm³/mol. The van der Waals surface area contributed by atoms with Crippen molar-refractivity contribution >= 4 is 28.6 Å². The van der Waals surface area contributed by atoms with Gasteiger partial charge in [0.1, 0.15) is 5.84 Å². The zero-order valence-corrected chi connectivity index (χ0v) is 20.5. The quantitative estimate of drug-likeness (QED) is 0.0757. The largest absolute Gasteiger partial charge is 0.416 e. The minimum absolute atomic E-state index is 0.00904. The Balaban J connectivity index is 1.68. The molecule has 0 radical (unpaired) electrons. The maximum atomic E-state index is 13.3. The number of hydrogen-bond donors (Lipinski definition) is 2. The average Bonchev–Trinajstić information content (AvgIpc) is 3.21. The van der Waals surface area contributed by atoms with Crippen LogP contribution in [-0.2, 0) is 31.9 Å². The number of aromatic amines is 1. The number of benzene rings is 1. The Kier molecular flexibility index (Phi) is 8.64. The van der Waals surface area contributed by atoms with E-state index in [1.807, 2.05) is 6.92 Å². The zero-order chi connectivity index (χ0) is 28.3. The van der Waals surface area contributed by atoms with Gasteiger partial charge in [0, 0.05) is 19.5 Å². The Morgan fingerprint density at radius 3 is 2.45 bits per heavy atom. The fourth-order valence-corrected chi connectivity index (χ4v) is 3.77. The maximum absolute atomic E-state index is 13.3. The minimum atomic E-state index is -5.04. The number of H-pyrrole nitrogens is 1. The van der Waals surface area contributed by atoms with Crippen LogP contribution < -0.4 is 17.0 Å².